The van der Waals surface area contributed by atoms with Gasteiger partial charge in [0.15, 0.2) is 4.47 Å². The summed E-state index contributed by atoms with van der Waals surface area (Å²) in [4.78, 5) is 5.11. The second kappa shape index (κ2) is 10.1. The van der Waals surface area contributed by atoms with Crippen molar-refractivity contribution < 1.29 is 18.0 Å². The molecule has 2 rings (SSSR count). The molecule has 6 nitrogen and oxygen atoms in total. The number of aromatic nitrogens is 1. The molecule has 2 aromatic rings. The molecule has 1 heterocycles. The number of ether oxygens (including phenoxy) is 1. The number of nitrogens with one attached hydrogen (secondary N) is 1. The molecular formula is C16H23ClN2O4SSi. The van der Waals surface area contributed by atoms with E-state index in [-0.39, 0.29) is 0 Å². The van der Waals surface area contributed by atoms with E-state index in [4.69, 9.17) is 29.6 Å². The van der Waals surface area contributed by atoms with Crippen LogP contribution in [-0.4, -0.2) is 41.7 Å². The highest BCUT2D eigenvalue weighted by Gasteiger charge is 2.36. The lowest BCUT2D eigenvalue weighted by Crippen LogP contribution is -2.42. The summed E-state index contributed by atoms with van der Waals surface area (Å²) in [5.41, 5.74) is 0.983. The van der Waals surface area contributed by atoms with Crippen LogP contribution in [0.15, 0.2) is 30.5 Å². The van der Waals surface area contributed by atoms with Crippen molar-refractivity contribution >= 4 is 37.4 Å². The quantitative estimate of drug-likeness (QED) is 0.451. The molecule has 138 valence electrons. The number of benzene rings is 1. The van der Waals surface area contributed by atoms with Gasteiger partial charge in [-0.25, -0.2) is 4.98 Å². The van der Waals surface area contributed by atoms with Crippen molar-refractivity contribution in [3.8, 4) is 5.75 Å². The minimum Gasteiger partial charge on any atom is -0.494 e. The molecule has 0 aliphatic carbocycles. The number of anilines is 1. The molecule has 0 amide bonds. The van der Waals surface area contributed by atoms with Crippen LogP contribution in [0.1, 0.15) is 11.3 Å². The van der Waals surface area contributed by atoms with Crippen LogP contribution in [0.4, 0.5) is 5.69 Å². The highest BCUT2D eigenvalue weighted by atomic mass is 35.5. The van der Waals surface area contributed by atoms with E-state index in [2.05, 4.69) is 10.3 Å². The summed E-state index contributed by atoms with van der Waals surface area (Å²) in [5, 5.41) is 3.34. The van der Waals surface area contributed by atoms with Crippen LogP contribution in [-0.2, 0) is 19.8 Å². The first-order valence-electron chi connectivity index (χ1n) is 7.83. The van der Waals surface area contributed by atoms with Crippen LogP contribution in [0.3, 0.4) is 0 Å². The fraction of sp³-hybridized carbons (Fsp3) is 0.438. The summed E-state index contributed by atoms with van der Waals surface area (Å²) in [6, 6.07) is 8.56. The molecule has 0 bridgehead atoms. The van der Waals surface area contributed by atoms with E-state index >= 15 is 0 Å². The molecule has 0 unspecified atom stereocenters. The van der Waals surface area contributed by atoms with Crippen LogP contribution in [0.2, 0.25) is 10.5 Å². The van der Waals surface area contributed by atoms with Crippen LogP contribution in [0.5, 0.6) is 5.75 Å². The van der Waals surface area contributed by atoms with Crippen molar-refractivity contribution in [1.29, 1.82) is 0 Å². The number of thiazole rings is 1. The van der Waals surface area contributed by atoms with Gasteiger partial charge in [-0.1, -0.05) is 17.7 Å². The molecule has 0 aliphatic heterocycles. The molecule has 1 N–H and O–H groups in total. The Kier molecular flexibility index (Phi) is 8.14. The number of hydrogen-bond acceptors (Lipinski definition) is 7. The van der Waals surface area contributed by atoms with Gasteiger partial charge in [0.2, 0.25) is 0 Å². The number of rotatable bonds is 11. The summed E-state index contributed by atoms with van der Waals surface area (Å²) < 4.78 is 22.6. The Morgan fingerprint density at radius 3 is 2.60 bits per heavy atom. The standard InChI is InChI=1S/C16H23ClN2O4SSi/c1-20-25(21-2,22-3)9-5-8-23-14-7-4-6-13(10-14)18-11-15-12-19-16(17)24-15/h4,6-7,10,12,18H,5,8-9,11H2,1-3H3. The lowest BCUT2D eigenvalue weighted by molar-refractivity contribution is 0.121. The minimum absolute atomic E-state index is 0.552. The van der Waals surface area contributed by atoms with E-state index in [1.54, 1.807) is 27.5 Å². The van der Waals surface area contributed by atoms with Gasteiger partial charge in [0, 0.05) is 50.2 Å². The Labute approximate surface area is 158 Å². The molecule has 0 saturated carbocycles. The summed E-state index contributed by atoms with van der Waals surface area (Å²) in [7, 11) is 2.33. The number of hydrogen-bond donors (Lipinski definition) is 1. The average Bonchev–Trinajstić information content (AvgIpc) is 3.06. The van der Waals surface area contributed by atoms with E-state index in [0.29, 0.717) is 23.7 Å². The normalized spacial score (nSPS) is 11.5. The molecule has 0 fully saturated rings. The average molecular weight is 403 g/mol. The van der Waals surface area contributed by atoms with Gasteiger partial charge in [0.25, 0.3) is 0 Å². The Bertz CT molecular complexity index is 646. The van der Waals surface area contributed by atoms with Crippen molar-refractivity contribution in [1.82, 2.24) is 4.98 Å². The highest BCUT2D eigenvalue weighted by Crippen LogP contribution is 2.22. The Hall–Kier alpha value is -1.16. The molecule has 1 aromatic carbocycles. The van der Waals surface area contributed by atoms with Gasteiger partial charge < -0.3 is 23.3 Å². The van der Waals surface area contributed by atoms with E-state index < -0.39 is 8.80 Å². The second-order valence-electron chi connectivity index (χ2n) is 5.21. The van der Waals surface area contributed by atoms with Gasteiger partial charge in [-0.2, -0.15) is 0 Å². The smallest absolute Gasteiger partial charge is 0.494 e. The molecule has 1 aromatic heterocycles. The Balaban J connectivity index is 1.79. The van der Waals surface area contributed by atoms with E-state index in [9.17, 15) is 0 Å². The van der Waals surface area contributed by atoms with E-state index in [1.807, 2.05) is 24.3 Å². The summed E-state index contributed by atoms with van der Waals surface area (Å²) >= 11 is 7.30. The molecule has 0 aliphatic rings. The number of nitrogens with zero attached hydrogens (tertiary/aromatic N) is 1. The van der Waals surface area contributed by atoms with Gasteiger partial charge in [-0.15, -0.1) is 11.3 Å². The zero-order valence-corrected chi connectivity index (χ0v) is 17.2. The van der Waals surface area contributed by atoms with Crippen molar-refractivity contribution in [3.05, 3.63) is 39.8 Å². The summed E-state index contributed by atoms with van der Waals surface area (Å²) in [6.45, 7) is 1.25. The van der Waals surface area contributed by atoms with Gasteiger partial charge in [0.1, 0.15) is 5.75 Å². The van der Waals surface area contributed by atoms with Crippen LogP contribution < -0.4 is 10.1 Å². The maximum absolute atomic E-state index is 5.84. The molecule has 25 heavy (non-hydrogen) atoms. The minimum atomic E-state index is -2.52. The van der Waals surface area contributed by atoms with Crippen molar-refractivity contribution in [3.63, 3.8) is 0 Å². The Morgan fingerprint density at radius 2 is 1.96 bits per heavy atom. The van der Waals surface area contributed by atoms with Crippen LogP contribution in [0, 0.1) is 0 Å². The number of halogens is 1. The molecule has 0 atom stereocenters. The van der Waals surface area contributed by atoms with Gasteiger partial charge in [0.05, 0.1) is 13.2 Å². The molecule has 9 heteroatoms. The van der Waals surface area contributed by atoms with E-state index in [0.717, 1.165) is 22.7 Å². The fourth-order valence-corrected chi connectivity index (χ4v) is 4.89. The zero-order chi connectivity index (χ0) is 18.1. The second-order valence-corrected chi connectivity index (χ2v) is 10.00. The third-order valence-corrected chi connectivity index (χ3v) is 7.60. The predicted octanol–water partition coefficient (Wildman–Crippen LogP) is 4.06. The highest BCUT2D eigenvalue weighted by molar-refractivity contribution is 7.15. The van der Waals surface area contributed by atoms with Crippen molar-refractivity contribution in [2.75, 3.05) is 33.3 Å². The topological polar surface area (TPSA) is 61.8 Å². The first kappa shape index (κ1) is 20.2. The summed E-state index contributed by atoms with van der Waals surface area (Å²) in [6.07, 6.45) is 2.57. The van der Waals surface area contributed by atoms with Gasteiger partial charge in [-0.05, 0) is 18.6 Å². The molecule has 0 radical (unpaired) electrons. The predicted molar refractivity (Wildman–Crippen MR) is 103 cm³/mol. The first-order valence-corrected chi connectivity index (χ1v) is 11.0. The lowest BCUT2D eigenvalue weighted by atomic mass is 10.3. The van der Waals surface area contributed by atoms with Gasteiger partial charge in [-0.3, -0.25) is 0 Å². The van der Waals surface area contributed by atoms with Crippen LogP contribution >= 0.6 is 22.9 Å². The molecule has 0 saturated heterocycles. The zero-order valence-electron chi connectivity index (χ0n) is 14.6. The Morgan fingerprint density at radius 1 is 1.20 bits per heavy atom. The molecular weight excluding hydrogens is 380 g/mol. The van der Waals surface area contributed by atoms with Gasteiger partial charge >= 0.3 is 8.80 Å². The largest absolute Gasteiger partial charge is 0.500 e. The molecule has 0 spiro atoms. The maximum atomic E-state index is 5.84. The fourth-order valence-electron chi connectivity index (χ4n) is 2.29. The van der Waals surface area contributed by atoms with E-state index in [1.165, 1.54) is 11.3 Å². The third-order valence-electron chi connectivity index (χ3n) is 3.66. The monoisotopic (exact) mass is 402 g/mol. The SMILES string of the molecule is CO[Si](CCCOc1cccc(NCc2cnc(Cl)s2)c1)(OC)OC. The lowest BCUT2D eigenvalue weighted by Gasteiger charge is -2.24. The van der Waals surface area contributed by atoms with Crippen LogP contribution in [0.25, 0.3) is 0 Å². The summed E-state index contributed by atoms with van der Waals surface area (Å²) in [5.74, 6) is 0.812. The van der Waals surface area contributed by atoms with Crippen molar-refractivity contribution in [2.24, 2.45) is 0 Å². The third kappa shape index (κ3) is 6.25. The maximum Gasteiger partial charge on any atom is 0.500 e. The first-order chi connectivity index (χ1) is 12.1. The van der Waals surface area contributed by atoms with Crippen molar-refractivity contribution in [2.45, 2.75) is 19.0 Å².